The lowest BCUT2D eigenvalue weighted by molar-refractivity contribution is -0.142. The van der Waals surface area contributed by atoms with Crippen LogP contribution in [0.1, 0.15) is 28.2 Å². The van der Waals surface area contributed by atoms with Crippen LogP contribution in [0.4, 0.5) is 0 Å². The van der Waals surface area contributed by atoms with Crippen molar-refractivity contribution in [1.29, 1.82) is 0 Å². The molecule has 0 aliphatic carbocycles. The van der Waals surface area contributed by atoms with Crippen molar-refractivity contribution >= 4 is 45.0 Å². The van der Waals surface area contributed by atoms with Crippen LogP contribution in [0.3, 0.4) is 0 Å². The Morgan fingerprint density at radius 3 is 2.47 bits per heavy atom. The van der Waals surface area contributed by atoms with Crippen LogP contribution in [0.2, 0.25) is 10.0 Å². The lowest BCUT2D eigenvalue weighted by atomic mass is 10.1. The highest BCUT2D eigenvalue weighted by Gasteiger charge is 2.22. The molecule has 0 aliphatic rings. The summed E-state index contributed by atoms with van der Waals surface area (Å²) in [7, 11) is -4.00. The number of nitrogens with one attached hydrogen (secondary N) is 1. The van der Waals surface area contributed by atoms with E-state index in [1.165, 1.54) is 18.2 Å². The fourth-order valence-corrected chi connectivity index (χ4v) is 5.06. The number of benzene rings is 1. The van der Waals surface area contributed by atoms with Crippen LogP contribution in [0.25, 0.3) is 0 Å². The minimum atomic E-state index is -4.00. The third-order valence-electron chi connectivity index (χ3n) is 4.36. The van der Waals surface area contributed by atoms with Crippen molar-refractivity contribution in [3.05, 3.63) is 63.9 Å². The van der Waals surface area contributed by atoms with Gasteiger partial charge in [-0.3, -0.25) is 9.59 Å². The van der Waals surface area contributed by atoms with Crippen molar-refractivity contribution in [3.63, 3.8) is 0 Å². The van der Waals surface area contributed by atoms with Crippen LogP contribution < -0.4 is 4.72 Å². The maximum absolute atomic E-state index is 12.4. The summed E-state index contributed by atoms with van der Waals surface area (Å²) < 4.78 is 33.8. The number of rotatable bonds is 10. The van der Waals surface area contributed by atoms with Gasteiger partial charge in [-0.25, -0.2) is 13.1 Å². The Bertz CT molecular complexity index is 1060. The molecule has 2 aromatic rings. The van der Waals surface area contributed by atoms with Gasteiger partial charge in [0.25, 0.3) is 0 Å². The summed E-state index contributed by atoms with van der Waals surface area (Å²) in [5.41, 5.74) is 2.13. The maximum Gasteiger partial charge on any atom is 0.307 e. The molecular formula is C20H22Cl2N2O5S. The van der Waals surface area contributed by atoms with Gasteiger partial charge in [-0.05, 0) is 32.0 Å². The Morgan fingerprint density at radius 1 is 1.23 bits per heavy atom. The first-order chi connectivity index (χ1) is 14.1. The van der Waals surface area contributed by atoms with Gasteiger partial charge < -0.3 is 9.30 Å². The molecule has 162 valence electrons. The Kier molecular flexibility index (Phi) is 8.25. The van der Waals surface area contributed by atoms with Crippen LogP contribution in [0.5, 0.6) is 0 Å². The van der Waals surface area contributed by atoms with Gasteiger partial charge >= 0.3 is 5.97 Å². The molecule has 0 amide bonds. The molecule has 0 unspecified atom stereocenters. The SMILES string of the molecule is C=CCn1c(C)cc(C(=O)COC(=O)CCNS(=O)(=O)c2c(Cl)cccc2Cl)c1C. The topological polar surface area (TPSA) is 94.5 Å². The maximum atomic E-state index is 12.4. The summed E-state index contributed by atoms with van der Waals surface area (Å²) in [6.07, 6.45) is 1.47. The Hall–Kier alpha value is -2.13. The highest BCUT2D eigenvalue weighted by Crippen LogP contribution is 2.28. The molecule has 1 heterocycles. The normalized spacial score (nSPS) is 11.3. The van der Waals surface area contributed by atoms with Crippen molar-refractivity contribution in [2.45, 2.75) is 31.7 Å². The van der Waals surface area contributed by atoms with Crippen LogP contribution in [-0.4, -0.2) is 37.9 Å². The number of hydrogen-bond donors (Lipinski definition) is 1. The van der Waals surface area contributed by atoms with Crippen molar-refractivity contribution in [2.75, 3.05) is 13.2 Å². The number of sulfonamides is 1. The number of Topliss-reactive ketones (excluding diaryl/α,β-unsaturated/α-hetero) is 1. The first-order valence-electron chi connectivity index (χ1n) is 8.98. The number of carbonyl (C=O) groups is 2. The number of carbonyl (C=O) groups excluding carboxylic acids is 2. The summed E-state index contributed by atoms with van der Waals surface area (Å²) >= 11 is 11.8. The lowest BCUT2D eigenvalue weighted by Gasteiger charge is -2.10. The lowest BCUT2D eigenvalue weighted by Crippen LogP contribution is -2.27. The van der Waals surface area contributed by atoms with Crippen LogP contribution >= 0.6 is 23.2 Å². The molecule has 0 saturated carbocycles. The molecule has 0 aliphatic heterocycles. The second kappa shape index (κ2) is 10.3. The second-order valence-corrected chi connectivity index (χ2v) is 8.98. The summed E-state index contributed by atoms with van der Waals surface area (Å²) in [5.74, 6) is -1.05. The molecule has 7 nitrogen and oxygen atoms in total. The molecule has 1 N–H and O–H groups in total. The van der Waals surface area contributed by atoms with E-state index < -0.39 is 22.6 Å². The zero-order chi connectivity index (χ0) is 22.5. The molecule has 0 bridgehead atoms. The van der Waals surface area contributed by atoms with E-state index in [1.54, 1.807) is 19.1 Å². The summed E-state index contributed by atoms with van der Waals surface area (Å²) in [6.45, 7) is 7.27. The molecule has 0 saturated heterocycles. The third kappa shape index (κ3) is 5.72. The molecule has 0 spiro atoms. The minimum Gasteiger partial charge on any atom is -0.457 e. The van der Waals surface area contributed by atoms with Crippen molar-refractivity contribution < 1.29 is 22.7 Å². The van der Waals surface area contributed by atoms with Crippen LogP contribution in [0.15, 0.2) is 41.8 Å². The number of ether oxygens (including phenoxy) is 1. The number of allylic oxidation sites excluding steroid dienone is 1. The monoisotopic (exact) mass is 472 g/mol. The predicted molar refractivity (Wildman–Crippen MR) is 116 cm³/mol. The molecule has 0 fully saturated rings. The number of aromatic nitrogens is 1. The standard InChI is InChI=1S/C20H22Cl2N2O5S/c1-4-10-24-13(2)11-15(14(24)3)18(25)12-29-19(26)8-9-23-30(27,28)20-16(21)6-5-7-17(20)22/h4-7,11,23H,1,8-10,12H2,2-3H3. The number of nitrogens with zero attached hydrogens (tertiary/aromatic N) is 1. The largest absolute Gasteiger partial charge is 0.457 e. The minimum absolute atomic E-state index is 0.0303. The second-order valence-electron chi connectivity index (χ2n) is 6.47. The van der Waals surface area contributed by atoms with Crippen molar-refractivity contribution in [2.24, 2.45) is 0 Å². The Morgan fingerprint density at radius 2 is 1.87 bits per heavy atom. The Balaban J connectivity index is 1.89. The van der Waals surface area contributed by atoms with Crippen LogP contribution in [-0.2, 0) is 26.1 Å². The number of esters is 1. The smallest absolute Gasteiger partial charge is 0.307 e. The molecule has 1 aromatic heterocycles. The van der Waals surface area contributed by atoms with E-state index in [9.17, 15) is 18.0 Å². The van der Waals surface area contributed by atoms with E-state index in [-0.39, 0.29) is 33.7 Å². The number of ketones is 1. The number of halogens is 2. The summed E-state index contributed by atoms with van der Waals surface area (Å²) in [4.78, 5) is 24.0. The van der Waals surface area contributed by atoms with Gasteiger partial charge in [-0.2, -0.15) is 0 Å². The number of aryl methyl sites for hydroxylation is 1. The fourth-order valence-electron chi connectivity index (χ4n) is 2.89. The van der Waals surface area contributed by atoms with Gasteiger partial charge in [0.15, 0.2) is 6.61 Å². The summed E-state index contributed by atoms with van der Waals surface area (Å²) in [6, 6.07) is 6.05. The van der Waals surface area contributed by atoms with Gasteiger partial charge in [-0.1, -0.05) is 35.3 Å². The van der Waals surface area contributed by atoms with E-state index >= 15 is 0 Å². The van der Waals surface area contributed by atoms with E-state index in [1.807, 2.05) is 11.5 Å². The molecule has 0 atom stereocenters. The number of hydrogen-bond acceptors (Lipinski definition) is 5. The predicted octanol–water partition coefficient (Wildman–Crippen LogP) is 3.69. The first kappa shape index (κ1) is 24.1. The van der Waals surface area contributed by atoms with Gasteiger partial charge in [0.1, 0.15) is 4.90 Å². The molecule has 30 heavy (non-hydrogen) atoms. The van der Waals surface area contributed by atoms with Gasteiger partial charge in [0, 0.05) is 30.0 Å². The zero-order valence-electron chi connectivity index (χ0n) is 16.6. The molecular weight excluding hydrogens is 451 g/mol. The third-order valence-corrected chi connectivity index (χ3v) is 6.77. The summed E-state index contributed by atoms with van der Waals surface area (Å²) in [5, 5.41) is -0.0607. The van der Waals surface area contributed by atoms with Gasteiger partial charge in [-0.15, -0.1) is 6.58 Å². The Labute approximate surface area is 185 Å². The van der Waals surface area contributed by atoms with Gasteiger partial charge in [0.05, 0.1) is 16.5 Å². The van der Waals surface area contributed by atoms with Crippen molar-refractivity contribution in [1.82, 2.24) is 9.29 Å². The average molecular weight is 473 g/mol. The molecule has 10 heteroatoms. The highest BCUT2D eigenvalue weighted by molar-refractivity contribution is 7.89. The molecule has 0 radical (unpaired) electrons. The average Bonchev–Trinajstić information content (AvgIpc) is 2.94. The van der Waals surface area contributed by atoms with E-state index in [2.05, 4.69) is 11.3 Å². The molecule has 1 aromatic carbocycles. The zero-order valence-corrected chi connectivity index (χ0v) is 18.9. The van der Waals surface area contributed by atoms with E-state index in [0.717, 1.165) is 11.4 Å². The highest BCUT2D eigenvalue weighted by atomic mass is 35.5. The quantitative estimate of drug-likeness (QED) is 0.323. The fraction of sp³-hybridized carbons (Fsp3) is 0.300. The van der Waals surface area contributed by atoms with Gasteiger partial charge in [0.2, 0.25) is 15.8 Å². The van der Waals surface area contributed by atoms with Crippen molar-refractivity contribution in [3.8, 4) is 0 Å². The van der Waals surface area contributed by atoms with E-state index in [4.69, 9.17) is 27.9 Å². The van der Waals surface area contributed by atoms with E-state index in [0.29, 0.717) is 12.1 Å². The molecule has 2 rings (SSSR count). The first-order valence-corrected chi connectivity index (χ1v) is 11.2. The van der Waals surface area contributed by atoms with Crippen LogP contribution in [0, 0.1) is 13.8 Å².